The lowest BCUT2D eigenvalue weighted by Gasteiger charge is -2.32. The number of hydrogen-bond donors (Lipinski definition) is 1. The summed E-state index contributed by atoms with van der Waals surface area (Å²) in [6, 6.07) is 1.82. The average molecular weight is 318 g/mol. The molecule has 0 radical (unpaired) electrons. The number of nitrogens with zero attached hydrogens (tertiary/aromatic N) is 3. The van der Waals surface area contributed by atoms with Crippen LogP contribution in [0, 0.1) is 6.92 Å². The molecule has 1 N–H and O–H groups in total. The Morgan fingerprint density at radius 1 is 1.55 bits per heavy atom. The monoisotopic (exact) mass is 318 g/mol. The van der Waals surface area contributed by atoms with E-state index in [-0.39, 0.29) is 17.5 Å². The van der Waals surface area contributed by atoms with Crippen LogP contribution in [0.4, 0.5) is 0 Å². The minimum absolute atomic E-state index is 0.103. The van der Waals surface area contributed by atoms with Gasteiger partial charge < -0.3 is 9.88 Å². The van der Waals surface area contributed by atoms with E-state index in [1.807, 2.05) is 23.3 Å². The fraction of sp³-hybridized carbons (Fsp3) is 0.467. The van der Waals surface area contributed by atoms with E-state index in [0.717, 1.165) is 35.8 Å². The topological polar surface area (TPSA) is 79.0 Å². The van der Waals surface area contributed by atoms with Crippen molar-refractivity contribution < 1.29 is 4.79 Å². The largest absolute Gasteiger partial charge is 0.345 e. The maximum Gasteiger partial charge on any atom is 0.345 e. The van der Waals surface area contributed by atoms with Crippen LogP contribution < -0.4 is 5.69 Å². The summed E-state index contributed by atoms with van der Waals surface area (Å²) in [4.78, 5) is 36.4. The molecule has 1 fully saturated rings. The van der Waals surface area contributed by atoms with Crippen molar-refractivity contribution >= 4 is 17.2 Å². The normalized spacial score (nSPS) is 18.4. The molecule has 1 aliphatic rings. The third-order valence-electron chi connectivity index (χ3n) is 3.91. The highest BCUT2D eigenvalue weighted by molar-refractivity contribution is 7.09. The second kappa shape index (κ2) is 6.39. The van der Waals surface area contributed by atoms with Gasteiger partial charge in [0.2, 0.25) is 5.91 Å². The number of aromatic nitrogens is 3. The highest BCUT2D eigenvalue weighted by atomic mass is 32.1. The minimum Gasteiger partial charge on any atom is -0.342 e. The second-order valence-corrected chi connectivity index (χ2v) is 6.61. The predicted octanol–water partition coefficient (Wildman–Crippen LogP) is 1.48. The number of aryl methyl sites for hydroxylation is 1. The van der Waals surface area contributed by atoms with Crippen molar-refractivity contribution in [2.45, 2.75) is 32.1 Å². The number of thiazole rings is 1. The third-order valence-corrected chi connectivity index (χ3v) is 4.73. The van der Waals surface area contributed by atoms with Gasteiger partial charge in [0.1, 0.15) is 0 Å². The van der Waals surface area contributed by atoms with Crippen LogP contribution >= 0.6 is 11.3 Å². The number of amides is 1. The van der Waals surface area contributed by atoms with E-state index in [4.69, 9.17) is 0 Å². The third kappa shape index (κ3) is 3.41. The molecule has 1 amide bonds. The Morgan fingerprint density at radius 2 is 2.41 bits per heavy atom. The van der Waals surface area contributed by atoms with Crippen molar-refractivity contribution in [3.05, 3.63) is 44.5 Å². The second-order valence-electron chi connectivity index (χ2n) is 5.54. The smallest absolute Gasteiger partial charge is 0.342 e. The van der Waals surface area contributed by atoms with Crippen molar-refractivity contribution in [2.75, 3.05) is 13.1 Å². The number of nitrogens with one attached hydrogen (secondary N) is 1. The highest BCUT2D eigenvalue weighted by Crippen LogP contribution is 2.25. The summed E-state index contributed by atoms with van der Waals surface area (Å²) in [7, 11) is 0. The molecule has 3 rings (SSSR count). The number of rotatable bonds is 3. The Hall–Kier alpha value is -2.02. The molecule has 2 aromatic rings. The molecule has 22 heavy (non-hydrogen) atoms. The fourth-order valence-electron chi connectivity index (χ4n) is 2.83. The van der Waals surface area contributed by atoms with Gasteiger partial charge in [0, 0.05) is 36.3 Å². The lowest BCUT2D eigenvalue weighted by atomic mass is 9.94. The number of aromatic amines is 1. The molecule has 116 valence electrons. The van der Waals surface area contributed by atoms with Crippen LogP contribution in [-0.4, -0.2) is 38.8 Å². The molecule has 2 aromatic heterocycles. The van der Waals surface area contributed by atoms with Crippen LogP contribution in [0.1, 0.15) is 35.2 Å². The van der Waals surface area contributed by atoms with Crippen LogP contribution in [0.3, 0.4) is 0 Å². The zero-order valence-electron chi connectivity index (χ0n) is 12.4. The van der Waals surface area contributed by atoms with Crippen molar-refractivity contribution in [2.24, 2.45) is 0 Å². The van der Waals surface area contributed by atoms with Gasteiger partial charge in [-0.15, -0.1) is 11.3 Å². The lowest BCUT2D eigenvalue weighted by molar-refractivity contribution is -0.131. The first-order valence-corrected chi connectivity index (χ1v) is 8.24. The van der Waals surface area contributed by atoms with Crippen molar-refractivity contribution in [3.63, 3.8) is 0 Å². The van der Waals surface area contributed by atoms with Crippen LogP contribution in [0.5, 0.6) is 0 Å². The quantitative estimate of drug-likeness (QED) is 0.930. The van der Waals surface area contributed by atoms with Gasteiger partial charge in [-0.25, -0.2) is 14.8 Å². The molecule has 0 aromatic carbocycles. The molecule has 1 aliphatic heterocycles. The molecular weight excluding hydrogens is 300 g/mol. The van der Waals surface area contributed by atoms with Gasteiger partial charge in [0.15, 0.2) is 0 Å². The van der Waals surface area contributed by atoms with Crippen LogP contribution in [0.2, 0.25) is 0 Å². The van der Waals surface area contributed by atoms with E-state index in [0.29, 0.717) is 13.0 Å². The molecule has 6 nitrogen and oxygen atoms in total. The Labute approximate surface area is 132 Å². The van der Waals surface area contributed by atoms with Gasteiger partial charge >= 0.3 is 5.69 Å². The molecule has 0 saturated carbocycles. The summed E-state index contributed by atoms with van der Waals surface area (Å²) >= 11 is 1.56. The Balaban J connectivity index is 1.67. The molecule has 0 spiro atoms. The zero-order valence-corrected chi connectivity index (χ0v) is 13.2. The molecule has 7 heteroatoms. The van der Waals surface area contributed by atoms with Crippen LogP contribution in [0.25, 0.3) is 0 Å². The van der Waals surface area contributed by atoms with E-state index >= 15 is 0 Å². The first kappa shape index (κ1) is 14.9. The zero-order chi connectivity index (χ0) is 15.5. The van der Waals surface area contributed by atoms with Gasteiger partial charge in [-0.2, -0.15) is 0 Å². The standard InChI is InChI=1S/C15H18N4O2S/c1-10-17-12(9-22-10)7-14(20)19-6-2-3-11(8-19)13-4-5-16-15(21)18-13/h4-5,9,11H,2-3,6-8H2,1H3,(H,16,18,21)/t11-/m1/s1. The summed E-state index contributed by atoms with van der Waals surface area (Å²) in [5, 5.41) is 2.92. The summed E-state index contributed by atoms with van der Waals surface area (Å²) in [6.07, 6.45) is 3.79. The first-order valence-electron chi connectivity index (χ1n) is 7.36. The van der Waals surface area contributed by atoms with Gasteiger partial charge in [-0.3, -0.25) is 4.79 Å². The maximum absolute atomic E-state index is 12.4. The van der Waals surface area contributed by atoms with E-state index in [1.165, 1.54) is 6.20 Å². The van der Waals surface area contributed by atoms with Gasteiger partial charge in [0.25, 0.3) is 0 Å². The van der Waals surface area contributed by atoms with E-state index in [2.05, 4.69) is 15.0 Å². The summed E-state index contributed by atoms with van der Waals surface area (Å²) < 4.78 is 0. The maximum atomic E-state index is 12.4. The number of H-pyrrole nitrogens is 1. The van der Waals surface area contributed by atoms with Gasteiger partial charge in [0.05, 0.1) is 17.1 Å². The SMILES string of the molecule is Cc1nc(CC(=O)N2CCC[C@@H](c3ccnc(=O)[nH]3)C2)cs1. The predicted molar refractivity (Wildman–Crippen MR) is 84.0 cm³/mol. The highest BCUT2D eigenvalue weighted by Gasteiger charge is 2.25. The summed E-state index contributed by atoms with van der Waals surface area (Å²) in [6.45, 7) is 3.35. The van der Waals surface area contributed by atoms with Gasteiger partial charge in [-0.1, -0.05) is 0 Å². The number of carbonyl (C=O) groups is 1. The summed E-state index contributed by atoms with van der Waals surface area (Å²) in [5.74, 6) is 0.275. The minimum atomic E-state index is -0.334. The molecular formula is C15H18N4O2S. The van der Waals surface area contributed by atoms with E-state index in [1.54, 1.807) is 11.3 Å². The van der Waals surface area contributed by atoms with Crippen molar-refractivity contribution in [1.29, 1.82) is 0 Å². The van der Waals surface area contributed by atoms with E-state index < -0.39 is 0 Å². The number of hydrogen-bond acceptors (Lipinski definition) is 5. The molecule has 0 aliphatic carbocycles. The molecule has 0 bridgehead atoms. The number of piperidine rings is 1. The van der Waals surface area contributed by atoms with Gasteiger partial charge in [-0.05, 0) is 25.8 Å². The lowest BCUT2D eigenvalue weighted by Crippen LogP contribution is -2.40. The Bertz CT molecular complexity index is 724. The Morgan fingerprint density at radius 3 is 3.14 bits per heavy atom. The van der Waals surface area contributed by atoms with Crippen molar-refractivity contribution in [1.82, 2.24) is 19.9 Å². The number of likely N-dealkylation sites (tertiary alicyclic amines) is 1. The van der Waals surface area contributed by atoms with Crippen molar-refractivity contribution in [3.8, 4) is 0 Å². The molecule has 3 heterocycles. The average Bonchev–Trinajstić information content (AvgIpc) is 2.92. The molecule has 1 saturated heterocycles. The molecule has 0 unspecified atom stereocenters. The van der Waals surface area contributed by atoms with E-state index in [9.17, 15) is 9.59 Å². The van der Waals surface area contributed by atoms with Crippen LogP contribution in [0.15, 0.2) is 22.4 Å². The van der Waals surface area contributed by atoms with Crippen LogP contribution in [-0.2, 0) is 11.2 Å². The number of carbonyl (C=O) groups excluding carboxylic acids is 1. The Kier molecular flexibility index (Phi) is 4.33. The fourth-order valence-corrected chi connectivity index (χ4v) is 3.45. The first-order chi connectivity index (χ1) is 10.6. The molecule has 1 atom stereocenters. The summed E-state index contributed by atoms with van der Waals surface area (Å²) in [5.41, 5.74) is 1.37.